The van der Waals surface area contributed by atoms with Crippen LogP contribution in [0.25, 0.3) is 0 Å². The van der Waals surface area contributed by atoms with Crippen LogP contribution in [0.4, 0.5) is 0 Å². The van der Waals surface area contributed by atoms with Crippen LogP contribution in [0, 0.1) is 0 Å². The molecule has 0 bridgehead atoms. The van der Waals surface area contributed by atoms with Crippen LogP contribution in [0.5, 0.6) is 0 Å². The summed E-state index contributed by atoms with van der Waals surface area (Å²) < 4.78 is 10.3. The molecule has 1 amide bonds. The third-order valence-corrected chi connectivity index (χ3v) is 7.15. The fourth-order valence-electron chi connectivity index (χ4n) is 4.40. The van der Waals surface area contributed by atoms with E-state index in [4.69, 9.17) is 9.15 Å². The summed E-state index contributed by atoms with van der Waals surface area (Å²) in [6, 6.07) is 3.46. The van der Waals surface area contributed by atoms with Gasteiger partial charge in [-0.3, -0.25) is 14.5 Å². The van der Waals surface area contributed by atoms with Crippen molar-refractivity contribution in [3.63, 3.8) is 0 Å². The molecule has 0 saturated carbocycles. The second-order valence-corrected chi connectivity index (χ2v) is 10.4. The Labute approximate surface area is 188 Å². The van der Waals surface area contributed by atoms with Gasteiger partial charge in [-0.25, -0.2) is 4.98 Å². The zero-order valence-electron chi connectivity index (χ0n) is 19.1. The molecule has 2 aromatic heterocycles. The summed E-state index contributed by atoms with van der Waals surface area (Å²) in [7, 11) is 0. The van der Waals surface area contributed by atoms with E-state index in [1.807, 2.05) is 11.8 Å². The number of rotatable bonds is 8. The van der Waals surface area contributed by atoms with E-state index in [9.17, 15) is 9.59 Å². The number of furan rings is 1. The van der Waals surface area contributed by atoms with Crippen LogP contribution in [0.2, 0.25) is 0 Å². The van der Waals surface area contributed by atoms with Crippen molar-refractivity contribution >= 4 is 23.2 Å². The van der Waals surface area contributed by atoms with Crippen molar-refractivity contribution in [1.82, 2.24) is 14.8 Å². The number of hydrogen-bond acceptors (Lipinski definition) is 7. The van der Waals surface area contributed by atoms with Crippen molar-refractivity contribution < 1.29 is 18.7 Å². The highest BCUT2D eigenvalue weighted by Gasteiger charge is 2.38. The summed E-state index contributed by atoms with van der Waals surface area (Å²) in [6.07, 6.45) is 4.52. The Morgan fingerprint density at radius 3 is 2.52 bits per heavy atom. The van der Waals surface area contributed by atoms with Crippen LogP contribution in [-0.4, -0.2) is 65.0 Å². The van der Waals surface area contributed by atoms with Crippen LogP contribution in [-0.2, 0) is 21.4 Å². The maximum atomic E-state index is 12.5. The van der Waals surface area contributed by atoms with E-state index in [0.717, 1.165) is 29.4 Å². The molecule has 3 heterocycles. The largest absolute Gasteiger partial charge is 0.466 e. The first kappa shape index (κ1) is 23.5. The Bertz CT molecular complexity index is 881. The zero-order chi connectivity index (χ0) is 22.6. The number of hydrogen-bond donors (Lipinski definition) is 0. The highest BCUT2D eigenvalue weighted by atomic mass is 32.1. The van der Waals surface area contributed by atoms with E-state index in [1.165, 1.54) is 6.26 Å². The van der Waals surface area contributed by atoms with E-state index in [-0.39, 0.29) is 29.3 Å². The lowest BCUT2D eigenvalue weighted by Crippen LogP contribution is -2.57. The molecule has 0 spiro atoms. The molecule has 0 unspecified atom stereocenters. The van der Waals surface area contributed by atoms with Gasteiger partial charge in [0, 0.05) is 48.2 Å². The van der Waals surface area contributed by atoms with E-state index < -0.39 is 0 Å². The van der Waals surface area contributed by atoms with Crippen LogP contribution >= 0.6 is 11.3 Å². The molecule has 1 fully saturated rings. The standard InChI is InChI=1S/C23H33N3O4S/c1-6-29-19(27)14-17-15-24-21(31-17)22(2,3)16-23(4,5)26-11-9-25(10-12-26)20(28)18-8-7-13-30-18/h7-8,13,15H,6,9-12,14,16H2,1-5H3. The lowest BCUT2D eigenvalue weighted by Gasteiger charge is -2.46. The molecule has 0 aliphatic carbocycles. The molecule has 0 N–H and O–H groups in total. The summed E-state index contributed by atoms with van der Waals surface area (Å²) in [4.78, 5) is 34.2. The van der Waals surface area contributed by atoms with Crippen molar-refractivity contribution in [2.75, 3.05) is 32.8 Å². The smallest absolute Gasteiger partial charge is 0.311 e. The predicted molar refractivity (Wildman–Crippen MR) is 120 cm³/mol. The van der Waals surface area contributed by atoms with Crippen molar-refractivity contribution in [2.45, 2.75) is 58.4 Å². The van der Waals surface area contributed by atoms with Gasteiger partial charge in [0.1, 0.15) is 0 Å². The second-order valence-electron chi connectivity index (χ2n) is 9.24. The monoisotopic (exact) mass is 447 g/mol. The number of carbonyl (C=O) groups excluding carboxylic acids is 2. The van der Waals surface area contributed by atoms with Gasteiger partial charge in [-0.2, -0.15) is 0 Å². The molecule has 1 aliphatic heterocycles. The lowest BCUT2D eigenvalue weighted by atomic mass is 9.79. The van der Waals surface area contributed by atoms with Crippen molar-refractivity contribution in [1.29, 1.82) is 0 Å². The topological polar surface area (TPSA) is 75.9 Å². The molecule has 7 nitrogen and oxygen atoms in total. The second kappa shape index (κ2) is 9.53. The van der Waals surface area contributed by atoms with Crippen molar-refractivity contribution in [3.8, 4) is 0 Å². The fraction of sp³-hybridized carbons (Fsp3) is 0.609. The minimum Gasteiger partial charge on any atom is -0.466 e. The number of amides is 1. The van der Waals surface area contributed by atoms with Gasteiger partial charge in [-0.15, -0.1) is 11.3 Å². The van der Waals surface area contributed by atoms with E-state index in [1.54, 1.807) is 29.7 Å². The number of ether oxygens (including phenoxy) is 1. The molecule has 0 atom stereocenters. The molecule has 31 heavy (non-hydrogen) atoms. The molecule has 170 valence electrons. The normalized spacial score (nSPS) is 15.8. The summed E-state index contributed by atoms with van der Waals surface area (Å²) >= 11 is 1.59. The molecular weight excluding hydrogens is 414 g/mol. The maximum absolute atomic E-state index is 12.5. The van der Waals surface area contributed by atoms with Gasteiger partial charge in [0.05, 0.1) is 24.3 Å². The minimum absolute atomic E-state index is 0.0419. The van der Waals surface area contributed by atoms with Gasteiger partial charge < -0.3 is 14.1 Å². The quantitative estimate of drug-likeness (QED) is 0.574. The van der Waals surface area contributed by atoms with Crippen molar-refractivity contribution in [3.05, 3.63) is 40.2 Å². The lowest BCUT2D eigenvalue weighted by molar-refractivity contribution is -0.142. The molecule has 2 aromatic rings. The Morgan fingerprint density at radius 1 is 1.19 bits per heavy atom. The van der Waals surface area contributed by atoms with E-state index >= 15 is 0 Å². The number of aromatic nitrogens is 1. The third kappa shape index (κ3) is 5.74. The van der Waals surface area contributed by atoms with Gasteiger partial charge in [-0.05, 0) is 39.3 Å². The summed E-state index contributed by atoms with van der Waals surface area (Å²) in [5.74, 6) is 0.147. The predicted octanol–water partition coefficient (Wildman–Crippen LogP) is 3.75. The molecule has 8 heteroatoms. The average Bonchev–Trinajstić information content (AvgIpc) is 3.39. The van der Waals surface area contributed by atoms with Gasteiger partial charge >= 0.3 is 5.97 Å². The summed E-state index contributed by atoms with van der Waals surface area (Å²) in [5.41, 5.74) is -0.196. The molecular formula is C23H33N3O4S. The Kier molecular flexibility index (Phi) is 7.21. The van der Waals surface area contributed by atoms with Crippen LogP contribution in [0.1, 0.15) is 61.5 Å². The highest BCUT2D eigenvalue weighted by Crippen LogP contribution is 2.37. The average molecular weight is 448 g/mol. The zero-order valence-corrected chi connectivity index (χ0v) is 20.0. The van der Waals surface area contributed by atoms with Crippen LogP contribution < -0.4 is 0 Å². The fourth-order valence-corrected chi connectivity index (χ4v) is 5.39. The maximum Gasteiger partial charge on any atom is 0.311 e. The molecule has 1 aliphatic rings. The number of esters is 1. The first-order valence-corrected chi connectivity index (χ1v) is 11.6. The molecule has 0 radical (unpaired) electrons. The highest BCUT2D eigenvalue weighted by molar-refractivity contribution is 7.11. The van der Waals surface area contributed by atoms with Gasteiger partial charge in [-0.1, -0.05) is 13.8 Å². The van der Waals surface area contributed by atoms with E-state index in [2.05, 4.69) is 37.6 Å². The Hall–Kier alpha value is -2.19. The molecule has 3 rings (SSSR count). The first-order valence-electron chi connectivity index (χ1n) is 10.8. The SMILES string of the molecule is CCOC(=O)Cc1cnc(C(C)(C)CC(C)(C)N2CCN(C(=O)c3ccco3)CC2)s1. The van der Waals surface area contributed by atoms with Crippen LogP contribution in [0.15, 0.2) is 29.0 Å². The Balaban J connectivity index is 1.59. The number of carbonyl (C=O) groups is 2. The van der Waals surface area contributed by atoms with Gasteiger partial charge in [0.15, 0.2) is 5.76 Å². The summed E-state index contributed by atoms with van der Waals surface area (Å²) in [5, 5.41) is 1.03. The minimum atomic E-state index is -0.210. The first-order chi connectivity index (χ1) is 14.6. The van der Waals surface area contributed by atoms with Gasteiger partial charge in [0.25, 0.3) is 5.91 Å². The van der Waals surface area contributed by atoms with Crippen molar-refractivity contribution in [2.24, 2.45) is 0 Å². The van der Waals surface area contributed by atoms with E-state index in [0.29, 0.717) is 25.5 Å². The molecule has 0 aromatic carbocycles. The number of piperazine rings is 1. The third-order valence-electron chi connectivity index (χ3n) is 5.79. The van der Waals surface area contributed by atoms with Crippen LogP contribution in [0.3, 0.4) is 0 Å². The number of nitrogens with zero attached hydrogens (tertiary/aromatic N) is 3. The molecule has 1 saturated heterocycles. The Morgan fingerprint density at radius 2 is 1.90 bits per heavy atom. The number of thiazole rings is 1. The van der Waals surface area contributed by atoms with Gasteiger partial charge in [0.2, 0.25) is 0 Å². The summed E-state index contributed by atoms with van der Waals surface area (Å²) in [6.45, 7) is 14.1.